The molecular formula is C23H25N5O3S. The quantitative estimate of drug-likeness (QED) is 0.530. The molecule has 4 rings (SSSR count). The SMILES string of the molecule is COC(=O)c1cn([C@@H]2C[C@@H](C(=O)NCc3cccs3)N(CC=Cc3ccccc3)C2)nn1. The van der Waals surface area contributed by atoms with Crippen molar-refractivity contribution < 1.29 is 14.3 Å². The van der Waals surface area contributed by atoms with Gasteiger partial charge in [-0.3, -0.25) is 9.69 Å². The molecule has 166 valence electrons. The van der Waals surface area contributed by atoms with Crippen LogP contribution in [0.3, 0.4) is 0 Å². The molecule has 8 nitrogen and oxygen atoms in total. The van der Waals surface area contributed by atoms with Gasteiger partial charge in [-0.05, 0) is 23.4 Å². The van der Waals surface area contributed by atoms with Gasteiger partial charge in [0, 0.05) is 18.0 Å². The number of ether oxygens (including phenoxy) is 1. The number of methoxy groups -OCH3 is 1. The summed E-state index contributed by atoms with van der Waals surface area (Å²) in [4.78, 5) is 28.0. The second-order valence-electron chi connectivity index (χ2n) is 7.54. The summed E-state index contributed by atoms with van der Waals surface area (Å²) in [5.41, 5.74) is 1.27. The molecule has 0 radical (unpaired) electrons. The first-order chi connectivity index (χ1) is 15.6. The lowest BCUT2D eigenvalue weighted by molar-refractivity contribution is -0.125. The van der Waals surface area contributed by atoms with Gasteiger partial charge in [0.05, 0.1) is 31.9 Å². The zero-order chi connectivity index (χ0) is 22.3. The molecule has 2 atom stereocenters. The van der Waals surface area contributed by atoms with E-state index < -0.39 is 5.97 Å². The Morgan fingerprint density at radius 1 is 1.25 bits per heavy atom. The number of carbonyl (C=O) groups is 2. The highest BCUT2D eigenvalue weighted by atomic mass is 32.1. The highest BCUT2D eigenvalue weighted by Crippen LogP contribution is 2.27. The minimum absolute atomic E-state index is 0.0117. The Morgan fingerprint density at radius 2 is 2.09 bits per heavy atom. The summed E-state index contributed by atoms with van der Waals surface area (Å²) in [7, 11) is 1.31. The van der Waals surface area contributed by atoms with Gasteiger partial charge in [0.1, 0.15) is 0 Å². The Bertz CT molecular complexity index is 1060. The predicted octanol–water partition coefficient (Wildman–Crippen LogP) is 2.77. The summed E-state index contributed by atoms with van der Waals surface area (Å²) in [6, 6.07) is 13.7. The number of thiophene rings is 1. The number of nitrogens with one attached hydrogen (secondary N) is 1. The maximum Gasteiger partial charge on any atom is 0.360 e. The fraction of sp³-hybridized carbons (Fsp3) is 0.304. The van der Waals surface area contributed by atoms with Crippen LogP contribution in [-0.4, -0.2) is 58.0 Å². The molecule has 0 saturated carbocycles. The maximum absolute atomic E-state index is 13.0. The van der Waals surface area contributed by atoms with Crippen LogP contribution in [0.2, 0.25) is 0 Å². The lowest BCUT2D eigenvalue weighted by Gasteiger charge is -2.21. The van der Waals surface area contributed by atoms with Gasteiger partial charge in [0.25, 0.3) is 0 Å². The number of benzene rings is 1. The second-order valence-corrected chi connectivity index (χ2v) is 8.58. The summed E-state index contributed by atoms with van der Waals surface area (Å²) in [6.07, 6.45) is 6.29. The number of rotatable bonds is 8. The van der Waals surface area contributed by atoms with Crippen molar-refractivity contribution in [2.45, 2.75) is 25.0 Å². The molecule has 9 heteroatoms. The van der Waals surface area contributed by atoms with Gasteiger partial charge in [0.15, 0.2) is 5.69 Å². The molecule has 1 fully saturated rings. The van der Waals surface area contributed by atoms with Crippen LogP contribution in [0.25, 0.3) is 6.08 Å². The van der Waals surface area contributed by atoms with Crippen molar-refractivity contribution in [3.05, 3.63) is 76.3 Å². The van der Waals surface area contributed by atoms with Crippen molar-refractivity contribution in [1.29, 1.82) is 0 Å². The monoisotopic (exact) mass is 451 g/mol. The average molecular weight is 452 g/mol. The van der Waals surface area contributed by atoms with Gasteiger partial charge in [0.2, 0.25) is 5.91 Å². The van der Waals surface area contributed by atoms with Crippen molar-refractivity contribution in [3.63, 3.8) is 0 Å². The largest absolute Gasteiger partial charge is 0.464 e. The normalized spacial score (nSPS) is 18.8. The summed E-state index contributed by atoms with van der Waals surface area (Å²) < 4.78 is 6.38. The minimum Gasteiger partial charge on any atom is -0.464 e. The number of likely N-dealkylation sites (tertiary alicyclic amines) is 1. The molecule has 0 aliphatic carbocycles. The van der Waals surface area contributed by atoms with Gasteiger partial charge < -0.3 is 10.1 Å². The predicted molar refractivity (Wildman–Crippen MR) is 122 cm³/mol. The third-order valence-corrected chi connectivity index (χ3v) is 6.31. The zero-order valence-corrected chi connectivity index (χ0v) is 18.6. The lowest BCUT2D eigenvalue weighted by Crippen LogP contribution is -2.42. The fourth-order valence-corrected chi connectivity index (χ4v) is 4.44. The first-order valence-electron chi connectivity index (χ1n) is 10.4. The van der Waals surface area contributed by atoms with Crippen molar-refractivity contribution in [2.75, 3.05) is 20.2 Å². The van der Waals surface area contributed by atoms with E-state index in [-0.39, 0.29) is 23.7 Å². The molecule has 3 heterocycles. The first kappa shape index (κ1) is 21.9. The van der Waals surface area contributed by atoms with Gasteiger partial charge in [-0.25, -0.2) is 9.48 Å². The third-order valence-electron chi connectivity index (χ3n) is 5.43. The van der Waals surface area contributed by atoms with Crippen LogP contribution in [-0.2, 0) is 16.1 Å². The third kappa shape index (κ3) is 5.30. The van der Waals surface area contributed by atoms with E-state index in [4.69, 9.17) is 4.74 Å². The van der Waals surface area contributed by atoms with Gasteiger partial charge in [-0.1, -0.05) is 53.8 Å². The molecule has 0 spiro atoms. The number of amides is 1. The summed E-state index contributed by atoms with van der Waals surface area (Å²) in [5.74, 6) is -0.538. The summed E-state index contributed by atoms with van der Waals surface area (Å²) >= 11 is 1.62. The first-order valence-corrected chi connectivity index (χ1v) is 11.3. The molecule has 0 unspecified atom stereocenters. The Morgan fingerprint density at radius 3 is 2.84 bits per heavy atom. The highest BCUT2D eigenvalue weighted by molar-refractivity contribution is 7.09. The van der Waals surface area contributed by atoms with Crippen LogP contribution in [0.4, 0.5) is 0 Å². The Labute approximate surface area is 190 Å². The number of carbonyl (C=O) groups excluding carboxylic acids is 2. The van der Waals surface area contributed by atoms with Crippen LogP contribution in [0.1, 0.15) is 33.4 Å². The van der Waals surface area contributed by atoms with E-state index in [1.165, 1.54) is 7.11 Å². The molecule has 1 saturated heterocycles. The number of aromatic nitrogens is 3. The van der Waals surface area contributed by atoms with E-state index in [0.717, 1.165) is 10.4 Å². The zero-order valence-electron chi connectivity index (χ0n) is 17.8. The van der Waals surface area contributed by atoms with E-state index in [1.54, 1.807) is 22.2 Å². The molecule has 1 amide bonds. The fourth-order valence-electron chi connectivity index (χ4n) is 3.79. The lowest BCUT2D eigenvalue weighted by atomic mass is 10.1. The van der Waals surface area contributed by atoms with Crippen LogP contribution in [0, 0.1) is 0 Å². The minimum atomic E-state index is -0.526. The number of hydrogen-bond donors (Lipinski definition) is 1. The Balaban J connectivity index is 1.46. The Hall–Kier alpha value is -3.30. The molecule has 1 aliphatic rings. The van der Waals surface area contributed by atoms with Crippen LogP contribution in [0.15, 0.2) is 60.1 Å². The molecular weight excluding hydrogens is 426 g/mol. The Kier molecular flexibility index (Phi) is 7.08. The standard InChI is InChI=1S/C23H25N5O3S/c1-31-23(30)20-16-28(26-25-20)18-13-21(22(29)24-14-19-10-6-12-32-19)27(15-18)11-5-9-17-7-3-2-4-8-17/h2-10,12,16,18,21H,11,13-15H2,1H3,(H,24,29)/t18-,21+/m1/s1. The van der Waals surface area contributed by atoms with Crippen molar-refractivity contribution in [1.82, 2.24) is 25.2 Å². The maximum atomic E-state index is 13.0. The van der Waals surface area contributed by atoms with Crippen molar-refractivity contribution >= 4 is 29.3 Å². The van der Waals surface area contributed by atoms with Crippen molar-refractivity contribution in [3.8, 4) is 0 Å². The highest BCUT2D eigenvalue weighted by Gasteiger charge is 2.37. The van der Waals surface area contributed by atoms with Gasteiger partial charge in [-0.2, -0.15) is 0 Å². The number of hydrogen-bond acceptors (Lipinski definition) is 7. The van der Waals surface area contributed by atoms with E-state index in [1.807, 2.05) is 47.8 Å². The number of esters is 1. The topological polar surface area (TPSA) is 89.4 Å². The smallest absolute Gasteiger partial charge is 0.360 e. The van der Waals surface area contributed by atoms with Gasteiger partial charge in [-0.15, -0.1) is 16.4 Å². The van der Waals surface area contributed by atoms with Gasteiger partial charge >= 0.3 is 5.97 Å². The van der Waals surface area contributed by atoms with Crippen LogP contribution in [0.5, 0.6) is 0 Å². The molecule has 2 aromatic heterocycles. The van der Waals surface area contributed by atoms with E-state index in [2.05, 4.69) is 32.7 Å². The molecule has 3 aromatic rings. The van der Waals surface area contributed by atoms with E-state index in [0.29, 0.717) is 26.1 Å². The van der Waals surface area contributed by atoms with E-state index in [9.17, 15) is 9.59 Å². The molecule has 1 aliphatic heterocycles. The molecule has 1 N–H and O–H groups in total. The molecule has 0 bridgehead atoms. The second kappa shape index (κ2) is 10.3. The van der Waals surface area contributed by atoms with Crippen molar-refractivity contribution in [2.24, 2.45) is 0 Å². The summed E-state index contributed by atoms with van der Waals surface area (Å²) in [6.45, 7) is 1.77. The molecule has 32 heavy (non-hydrogen) atoms. The number of nitrogens with zero attached hydrogens (tertiary/aromatic N) is 4. The molecule has 1 aromatic carbocycles. The van der Waals surface area contributed by atoms with Crippen LogP contribution < -0.4 is 5.32 Å². The summed E-state index contributed by atoms with van der Waals surface area (Å²) in [5, 5.41) is 13.1. The van der Waals surface area contributed by atoms with E-state index >= 15 is 0 Å². The van der Waals surface area contributed by atoms with Crippen LogP contribution >= 0.6 is 11.3 Å². The average Bonchev–Trinajstić information content (AvgIpc) is 3.58.